The molecule has 3 rings (SSSR count). The van der Waals surface area contributed by atoms with Gasteiger partial charge in [-0.2, -0.15) is 0 Å². The van der Waals surface area contributed by atoms with E-state index in [0.29, 0.717) is 5.56 Å². The van der Waals surface area contributed by atoms with Gasteiger partial charge in [-0.05, 0) is 29.7 Å². The number of likely N-dealkylation sites (tertiary alicyclic amines) is 1. The summed E-state index contributed by atoms with van der Waals surface area (Å²) in [4.78, 5) is 34.7. The fourth-order valence-electron chi connectivity index (χ4n) is 3.18. The molecule has 2 atom stereocenters. The zero-order valence-corrected chi connectivity index (χ0v) is 13.8. The van der Waals surface area contributed by atoms with Crippen LogP contribution in [0.3, 0.4) is 0 Å². The van der Waals surface area contributed by atoms with Crippen molar-refractivity contribution in [1.29, 1.82) is 0 Å². The molecule has 1 saturated heterocycles. The molecular weight excluding hydrogens is 304 g/mol. The summed E-state index contributed by atoms with van der Waals surface area (Å²) in [5.74, 6) is -0.157. The van der Waals surface area contributed by atoms with Crippen LogP contribution >= 0.6 is 0 Å². The van der Waals surface area contributed by atoms with Gasteiger partial charge in [-0.1, -0.05) is 13.0 Å². The monoisotopic (exact) mass is 324 g/mol. The SMILES string of the molecule is CCc1cnccc1C(=O)N[C@@H]1CC(=O)N(C)[C@H]1c1cccnc1. The highest BCUT2D eigenvalue weighted by Crippen LogP contribution is 2.31. The number of likely N-dealkylation sites (N-methyl/N-ethyl adjacent to an activating group) is 1. The maximum atomic E-state index is 12.7. The van der Waals surface area contributed by atoms with Crippen molar-refractivity contribution in [2.24, 2.45) is 0 Å². The molecule has 1 aliphatic heterocycles. The van der Waals surface area contributed by atoms with E-state index in [2.05, 4.69) is 15.3 Å². The van der Waals surface area contributed by atoms with Gasteiger partial charge >= 0.3 is 0 Å². The van der Waals surface area contributed by atoms with Gasteiger partial charge < -0.3 is 10.2 Å². The van der Waals surface area contributed by atoms with Crippen molar-refractivity contribution in [1.82, 2.24) is 20.2 Å². The molecule has 0 unspecified atom stereocenters. The number of carbonyl (C=O) groups excluding carboxylic acids is 2. The first-order chi connectivity index (χ1) is 11.6. The summed E-state index contributed by atoms with van der Waals surface area (Å²) < 4.78 is 0. The van der Waals surface area contributed by atoms with Gasteiger partial charge in [-0.15, -0.1) is 0 Å². The van der Waals surface area contributed by atoms with E-state index in [1.807, 2.05) is 19.1 Å². The minimum Gasteiger partial charge on any atom is -0.346 e. The Bertz CT molecular complexity index is 748. The Balaban J connectivity index is 1.85. The number of hydrogen-bond acceptors (Lipinski definition) is 4. The van der Waals surface area contributed by atoms with Gasteiger partial charge in [0.25, 0.3) is 5.91 Å². The third kappa shape index (κ3) is 2.99. The lowest BCUT2D eigenvalue weighted by atomic mass is 10.0. The van der Waals surface area contributed by atoms with Crippen LogP contribution in [-0.4, -0.2) is 39.8 Å². The van der Waals surface area contributed by atoms with Gasteiger partial charge in [0, 0.05) is 43.8 Å². The van der Waals surface area contributed by atoms with Crippen molar-refractivity contribution in [3.05, 3.63) is 59.7 Å². The Kier molecular flexibility index (Phi) is 4.55. The first-order valence-corrected chi connectivity index (χ1v) is 8.01. The molecule has 1 aliphatic rings. The molecule has 0 saturated carbocycles. The number of aryl methyl sites for hydroxylation is 1. The summed E-state index contributed by atoms with van der Waals surface area (Å²) in [5.41, 5.74) is 2.42. The Hall–Kier alpha value is -2.76. The van der Waals surface area contributed by atoms with Gasteiger partial charge in [0.15, 0.2) is 0 Å². The van der Waals surface area contributed by atoms with Gasteiger partial charge in [0.05, 0.1) is 12.1 Å². The van der Waals surface area contributed by atoms with Gasteiger partial charge in [0.2, 0.25) is 5.91 Å². The highest BCUT2D eigenvalue weighted by atomic mass is 16.2. The number of amides is 2. The molecule has 6 nitrogen and oxygen atoms in total. The fraction of sp³-hybridized carbons (Fsp3) is 0.333. The van der Waals surface area contributed by atoms with Gasteiger partial charge in [-0.3, -0.25) is 19.6 Å². The quantitative estimate of drug-likeness (QED) is 0.929. The van der Waals surface area contributed by atoms with E-state index in [9.17, 15) is 9.59 Å². The first-order valence-electron chi connectivity index (χ1n) is 8.01. The van der Waals surface area contributed by atoms with E-state index in [4.69, 9.17) is 0 Å². The zero-order chi connectivity index (χ0) is 17.1. The highest BCUT2D eigenvalue weighted by molar-refractivity contribution is 5.96. The molecule has 1 N–H and O–H groups in total. The number of aromatic nitrogens is 2. The van der Waals surface area contributed by atoms with Gasteiger partial charge in [-0.25, -0.2) is 0 Å². The number of nitrogens with one attached hydrogen (secondary N) is 1. The maximum absolute atomic E-state index is 12.7. The fourth-order valence-corrected chi connectivity index (χ4v) is 3.18. The Morgan fingerprint density at radius 3 is 2.79 bits per heavy atom. The van der Waals surface area contributed by atoms with Crippen LogP contribution in [0.1, 0.15) is 40.9 Å². The van der Waals surface area contributed by atoms with E-state index >= 15 is 0 Å². The third-order valence-electron chi connectivity index (χ3n) is 4.46. The summed E-state index contributed by atoms with van der Waals surface area (Å²) in [7, 11) is 1.76. The van der Waals surface area contributed by atoms with Crippen LogP contribution in [-0.2, 0) is 11.2 Å². The third-order valence-corrected chi connectivity index (χ3v) is 4.46. The predicted molar refractivity (Wildman–Crippen MR) is 89.2 cm³/mol. The largest absolute Gasteiger partial charge is 0.346 e. The first kappa shape index (κ1) is 16.1. The number of pyridine rings is 2. The standard InChI is InChI=1S/C18H20N4O2/c1-3-12-10-20-8-6-14(12)18(24)21-15-9-16(23)22(2)17(15)13-5-4-7-19-11-13/h4-8,10-11,15,17H,3,9H2,1-2H3,(H,21,24)/t15-,17+/m1/s1. The van der Waals surface area contributed by atoms with Crippen molar-refractivity contribution in [2.75, 3.05) is 7.05 Å². The number of carbonyl (C=O) groups is 2. The maximum Gasteiger partial charge on any atom is 0.251 e. The number of hydrogen-bond donors (Lipinski definition) is 1. The molecule has 0 radical (unpaired) electrons. The van der Waals surface area contributed by atoms with E-state index < -0.39 is 0 Å². The summed E-state index contributed by atoms with van der Waals surface area (Å²) in [6, 6.07) is 4.99. The summed E-state index contributed by atoms with van der Waals surface area (Å²) in [6.45, 7) is 1.99. The second-order valence-electron chi connectivity index (χ2n) is 5.91. The van der Waals surface area contributed by atoms with Crippen LogP contribution in [0.2, 0.25) is 0 Å². The van der Waals surface area contributed by atoms with E-state index in [1.165, 1.54) is 0 Å². The van der Waals surface area contributed by atoms with E-state index in [1.54, 1.807) is 42.8 Å². The normalized spacial score (nSPS) is 20.2. The van der Waals surface area contributed by atoms with Gasteiger partial charge in [0.1, 0.15) is 0 Å². The summed E-state index contributed by atoms with van der Waals surface area (Å²) >= 11 is 0. The molecule has 24 heavy (non-hydrogen) atoms. The van der Waals surface area contributed by atoms with Crippen LogP contribution in [0, 0.1) is 0 Å². The predicted octanol–water partition coefficient (Wildman–Crippen LogP) is 1.74. The molecule has 2 aromatic heterocycles. The second kappa shape index (κ2) is 6.78. The van der Waals surface area contributed by atoms with Crippen LogP contribution < -0.4 is 5.32 Å². The molecule has 0 aromatic carbocycles. The summed E-state index contributed by atoms with van der Waals surface area (Å²) in [5, 5.41) is 3.02. The Morgan fingerprint density at radius 2 is 2.08 bits per heavy atom. The van der Waals surface area contributed by atoms with Crippen molar-refractivity contribution in [3.63, 3.8) is 0 Å². The molecule has 0 aliphatic carbocycles. The molecular formula is C18H20N4O2. The number of nitrogens with zero attached hydrogens (tertiary/aromatic N) is 3. The smallest absolute Gasteiger partial charge is 0.251 e. The van der Waals surface area contributed by atoms with E-state index in [-0.39, 0.29) is 30.3 Å². The van der Waals surface area contributed by atoms with Crippen molar-refractivity contribution in [2.45, 2.75) is 31.8 Å². The molecule has 1 fully saturated rings. The summed E-state index contributed by atoms with van der Waals surface area (Å²) in [6.07, 6.45) is 7.76. The minimum absolute atomic E-state index is 0.0135. The highest BCUT2D eigenvalue weighted by Gasteiger charge is 2.39. The minimum atomic E-state index is -0.280. The average molecular weight is 324 g/mol. The molecule has 3 heterocycles. The van der Waals surface area contributed by atoms with Crippen LogP contribution in [0.15, 0.2) is 43.0 Å². The van der Waals surface area contributed by atoms with Crippen LogP contribution in [0.4, 0.5) is 0 Å². The lowest BCUT2D eigenvalue weighted by Crippen LogP contribution is -2.39. The lowest BCUT2D eigenvalue weighted by Gasteiger charge is -2.25. The van der Waals surface area contributed by atoms with Crippen LogP contribution in [0.5, 0.6) is 0 Å². The Labute approximate surface area is 140 Å². The number of rotatable bonds is 4. The van der Waals surface area contributed by atoms with Crippen molar-refractivity contribution < 1.29 is 9.59 Å². The second-order valence-corrected chi connectivity index (χ2v) is 5.91. The molecule has 0 bridgehead atoms. The zero-order valence-electron chi connectivity index (χ0n) is 13.8. The molecule has 0 spiro atoms. The molecule has 2 aromatic rings. The Morgan fingerprint density at radius 1 is 1.29 bits per heavy atom. The van der Waals surface area contributed by atoms with Crippen molar-refractivity contribution >= 4 is 11.8 Å². The molecule has 6 heteroatoms. The average Bonchev–Trinajstić information content (AvgIpc) is 2.89. The topological polar surface area (TPSA) is 75.2 Å². The molecule has 2 amide bonds. The molecule has 124 valence electrons. The lowest BCUT2D eigenvalue weighted by molar-refractivity contribution is -0.127. The van der Waals surface area contributed by atoms with Crippen molar-refractivity contribution in [3.8, 4) is 0 Å². The van der Waals surface area contributed by atoms with E-state index in [0.717, 1.165) is 17.5 Å². The van der Waals surface area contributed by atoms with Crippen LogP contribution in [0.25, 0.3) is 0 Å².